The van der Waals surface area contributed by atoms with Crippen LogP contribution in [0.1, 0.15) is 23.4 Å². The minimum Gasteiger partial charge on any atom is -0.454 e. The Morgan fingerprint density at radius 2 is 1.80 bits per heavy atom. The number of benzene rings is 2. The Morgan fingerprint density at radius 3 is 2.67 bits per heavy atom. The van der Waals surface area contributed by atoms with Crippen LogP contribution in [0.5, 0.6) is 11.5 Å². The summed E-state index contributed by atoms with van der Waals surface area (Å²) in [7, 11) is 1.99. The standard InChI is InChI=1S/C24H24N4O2/c1-25-13-3-4-17-7-9-18(10-8-17)14-23-26-24-6-2-5-20(28(24)27-23)19-11-12-21-22(15-19)30-16-29-21/h2,5-12,15,25H,3-4,13-14,16H2,1H3. The molecule has 0 fully saturated rings. The molecule has 2 aromatic carbocycles. The van der Waals surface area contributed by atoms with Crippen LogP contribution in [0.25, 0.3) is 16.9 Å². The third-order valence-corrected chi connectivity index (χ3v) is 5.35. The molecule has 1 N–H and O–H groups in total. The SMILES string of the molecule is CNCCCc1ccc(Cc2nc3cccc(-c4ccc5c(c4)OCO5)n3n2)cc1. The second kappa shape index (κ2) is 8.16. The summed E-state index contributed by atoms with van der Waals surface area (Å²) < 4.78 is 12.9. The van der Waals surface area contributed by atoms with Gasteiger partial charge in [-0.15, -0.1) is 0 Å². The van der Waals surface area contributed by atoms with Gasteiger partial charge in [-0.2, -0.15) is 5.10 Å². The Hall–Kier alpha value is -3.38. The topological polar surface area (TPSA) is 60.7 Å². The van der Waals surface area contributed by atoms with Crippen molar-refractivity contribution in [3.8, 4) is 22.8 Å². The van der Waals surface area contributed by atoms with Gasteiger partial charge in [-0.05, 0) is 67.9 Å². The molecule has 0 radical (unpaired) electrons. The van der Waals surface area contributed by atoms with Crippen molar-refractivity contribution in [2.75, 3.05) is 20.4 Å². The van der Waals surface area contributed by atoms with Crippen molar-refractivity contribution in [1.82, 2.24) is 19.9 Å². The number of aryl methyl sites for hydroxylation is 1. The summed E-state index contributed by atoms with van der Waals surface area (Å²) in [4.78, 5) is 4.74. The Labute approximate surface area is 175 Å². The predicted molar refractivity (Wildman–Crippen MR) is 116 cm³/mol. The van der Waals surface area contributed by atoms with Gasteiger partial charge < -0.3 is 14.8 Å². The van der Waals surface area contributed by atoms with Gasteiger partial charge in [-0.3, -0.25) is 0 Å². The van der Waals surface area contributed by atoms with E-state index in [4.69, 9.17) is 19.6 Å². The zero-order valence-corrected chi connectivity index (χ0v) is 17.0. The molecule has 0 bridgehead atoms. The van der Waals surface area contributed by atoms with Crippen molar-refractivity contribution in [2.45, 2.75) is 19.3 Å². The highest BCUT2D eigenvalue weighted by atomic mass is 16.7. The largest absolute Gasteiger partial charge is 0.454 e. The Balaban J connectivity index is 1.38. The molecule has 2 aromatic heterocycles. The van der Waals surface area contributed by atoms with Crippen LogP contribution in [-0.4, -0.2) is 35.0 Å². The first-order chi connectivity index (χ1) is 14.8. The Morgan fingerprint density at radius 1 is 0.967 bits per heavy atom. The van der Waals surface area contributed by atoms with Crippen LogP contribution in [0.2, 0.25) is 0 Å². The summed E-state index contributed by atoms with van der Waals surface area (Å²) >= 11 is 0. The van der Waals surface area contributed by atoms with Gasteiger partial charge >= 0.3 is 0 Å². The van der Waals surface area contributed by atoms with Crippen LogP contribution in [-0.2, 0) is 12.8 Å². The lowest BCUT2D eigenvalue weighted by Crippen LogP contribution is -2.08. The molecule has 0 amide bonds. The lowest BCUT2D eigenvalue weighted by atomic mass is 10.1. The third kappa shape index (κ3) is 3.74. The summed E-state index contributed by atoms with van der Waals surface area (Å²) in [5.74, 6) is 2.35. The lowest BCUT2D eigenvalue weighted by Gasteiger charge is -2.05. The zero-order chi connectivity index (χ0) is 20.3. The van der Waals surface area contributed by atoms with E-state index in [1.807, 2.05) is 48.0 Å². The molecular weight excluding hydrogens is 376 g/mol. The molecule has 3 heterocycles. The number of pyridine rings is 1. The summed E-state index contributed by atoms with van der Waals surface area (Å²) in [6, 6.07) is 20.8. The smallest absolute Gasteiger partial charge is 0.231 e. The monoisotopic (exact) mass is 400 g/mol. The second-order valence-electron chi connectivity index (χ2n) is 7.48. The van der Waals surface area contributed by atoms with E-state index in [-0.39, 0.29) is 6.79 Å². The first-order valence-electron chi connectivity index (χ1n) is 10.3. The van der Waals surface area contributed by atoms with Gasteiger partial charge in [-0.1, -0.05) is 30.3 Å². The normalized spacial score (nSPS) is 12.6. The number of aromatic nitrogens is 3. The van der Waals surface area contributed by atoms with Gasteiger partial charge in [0.25, 0.3) is 0 Å². The van der Waals surface area contributed by atoms with E-state index in [1.54, 1.807) is 0 Å². The maximum Gasteiger partial charge on any atom is 0.231 e. The molecule has 152 valence electrons. The molecular formula is C24H24N4O2. The lowest BCUT2D eigenvalue weighted by molar-refractivity contribution is 0.174. The highest BCUT2D eigenvalue weighted by molar-refractivity contribution is 5.67. The number of hydrogen-bond acceptors (Lipinski definition) is 5. The van der Waals surface area contributed by atoms with Gasteiger partial charge in [0.2, 0.25) is 6.79 Å². The molecule has 0 saturated carbocycles. The number of hydrogen-bond donors (Lipinski definition) is 1. The van der Waals surface area contributed by atoms with E-state index in [1.165, 1.54) is 11.1 Å². The Bertz CT molecular complexity index is 1170. The van der Waals surface area contributed by atoms with Crippen LogP contribution in [0.15, 0.2) is 60.7 Å². The van der Waals surface area contributed by atoms with E-state index < -0.39 is 0 Å². The number of rotatable bonds is 7. The van der Waals surface area contributed by atoms with Crippen molar-refractivity contribution in [3.05, 3.63) is 77.6 Å². The number of fused-ring (bicyclic) bond motifs is 2. The van der Waals surface area contributed by atoms with E-state index in [0.29, 0.717) is 6.42 Å². The average Bonchev–Trinajstić information content (AvgIpc) is 3.40. The molecule has 0 spiro atoms. The van der Waals surface area contributed by atoms with Gasteiger partial charge in [0.15, 0.2) is 23.0 Å². The first-order valence-corrected chi connectivity index (χ1v) is 10.3. The minimum absolute atomic E-state index is 0.269. The molecule has 1 aliphatic heterocycles. The predicted octanol–water partition coefficient (Wildman–Crippen LogP) is 3.87. The fourth-order valence-electron chi connectivity index (χ4n) is 3.77. The van der Waals surface area contributed by atoms with Crippen molar-refractivity contribution >= 4 is 5.65 Å². The van der Waals surface area contributed by atoms with Crippen LogP contribution in [0, 0.1) is 0 Å². The first kappa shape index (κ1) is 18.6. The number of nitrogens with one attached hydrogen (secondary N) is 1. The molecule has 4 aromatic rings. The molecule has 0 atom stereocenters. The maximum atomic E-state index is 5.53. The molecule has 0 unspecified atom stereocenters. The van der Waals surface area contributed by atoms with Crippen molar-refractivity contribution < 1.29 is 9.47 Å². The summed E-state index contributed by atoms with van der Waals surface area (Å²) in [6.45, 7) is 1.31. The molecule has 30 heavy (non-hydrogen) atoms. The van der Waals surface area contributed by atoms with Gasteiger partial charge in [0.1, 0.15) is 0 Å². The van der Waals surface area contributed by atoms with Gasteiger partial charge in [-0.25, -0.2) is 9.50 Å². The van der Waals surface area contributed by atoms with Crippen molar-refractivity contribution in [3.63, 3.8) is 0 Å². The highest BCUT2D eigenvalue weighted by Crippen LogP contribution is 2.35. The molecule has 5 rings (SSSR count). The molecule has 0 aliphatic carbocycles. The quantitative estimate of drug-likeness (QED) is 0.477. The van der Waals surface area contributed by atoms with Crippen LogP contribution < -0.4 is 14.8 Å². The number of nitrogens with zero attached hydrogens (tertiary/aromatic N) is 3. The highest BCUT2D eigenvalue weighted by Gasteiger charge is 2.16. The second-order valence-corrected chi connectivity index (χ2v) is 7.48. The van der Waals surface area contributed by atoms with E-state index in [2.05, 4.69) is 29.6 Å². The van der Waals surface area contributed by atoms with Crippen molar-refractivity contribution in [2.24, 2.45) is 0 Å². The number of ether oxygens (including phenoxy) is 2. The summed E-state index contributed by atoms with van der Waals surface area (Å²) in [5.41, 5.74) is 5.41. The van der Waals surface area contributed by atoms with E-state index >= 15 is 0 Å². The van der Waals surface area contributed by atoms with Crippen LogP contribution in [0.3, 0.4) is 0 Å². The van der Waals surface area contributed by atoms with Gasteiger partial charge in [0.05, 0.1) is 5.69 Å². The van der Waals surface area contributed by atoms with Gasteiger partial charge in [0, 0.05) is 12.0 Å². The third-order valence-electron chi connectivity index (χ3n) is 5.35. The van der Waals surface area contributed by atoms with Crippen LogP contribution in [0.4, 0.5) is 0 Å². The Kier molecular flexibility index (Phi) is 5.07. The average molecular weight is 400 g/mol. The van der Waals surface area contributed by atoms with E-state index in [0.717, 1.165) is 53.6 Å². The van der Waals surface area contributed by atoms with E-state index in [9.17, 15) is 0 Å². The zero-order valence-electron chi connectivity index (χ0n) is 17.0. The maximum absolute atomic E-state index is 5.53. The molecule has 1 aliphatic rings. The molecule has 0 saturated heterocycles. The molecule has 6 nitrogen and oxygen atoms in total. The fraction of sp³-hybridized carbons (Fsp3) is 0.250. The minimum atomic E-state index is 0.269. The molecule has 6 heteroatoms. The summed E-state index contributed by atoms with van der Waals surface area (Å²) in [6.07, 6.45) is 2.94. The van der Waals surface area contributed by atoms with Crippen LogP contribution >= 0.6 is 0 Å². The summed E-state index contributed by atoms with van der Waals surface area (Å²) in [5, 5.41) is 7.98. The van der Waals surface area contributed by atoms with Crippen molar-refractivity contribution in [1.29, 1.82) is 0 Å². The fourth-order valence-corrected chi connectivity index (χ4v) is 3.77.